The van der Waals surface area contributed by atoms with E-state index < -0.39 is 11.9 Å². The van der Waals surface area contributed by atoms with Gasteiger partial charge in [0.1, 0.15) is 11.6 Å². The normalized spacial score (nSPS) is 24.3. The maximum Gasteiger partial charge on any atom is 0.313 e. The average Bonchev–Trinajstić information content (AvgIpc) is 2.48. The zero-order valence-electron chi connectivity index (χ0n) is 8.24. The minimum absolute atomic E-state index is 0.240. The Morgan fingerprint density at radius 3 is 2.93 bits per heavy atom. The molecule has 5 nitrogen and oxygen atoms in total. The lowest BCUT2D eigenvalue weighted by molar-refractivity contribution is -0.142. The Hall–Kier alpha value is -1.39. The lowest BCUT2D eigenvalue weighted by Gasteiger charge is -2.33. The summed E-state index contributed by atoms with van der Waals surface area (Å²) in [5.41, 5.74) is 1.17. The van der Waals surface area contributed by atoms with Crippen molar-refractivity contribution in [2.45, 2.75) is 32.6 Å². The van der Waals surface area contributed by atoms with Crippen LogP contribution in [0.25, 0.3) is 0 Å². The second-order valence-electron chi connectivity index (χ2n) is 4.42. The van der Waals surface area contributed by atoms with E-state index in [9.17, 15) is 4.79 Å². The van der Waals surface area contributed by atoms with Gasteiger partial charge in [-0.3, -0.25) is 4.79 Å². The van der Waals surface area contributed by atoms with Crippen LogP contribution in [-0.4, -0.2) is 26.5 Å². The molecule has 1 aromatic rings. The number of aromatic amines is 1. The number of hydrogen-bond acceptors (Lipinski definition) is 3. The van der Waals surface area contributed by atoms with Crippen molar-refractivity contribution in [3.63, 3.8) is 0 Å². The van der Waals surface area contributed by atoms with Gasteiger partial charge in [0.25, 0.3) is 0 Å². The largest absolute Gasteiger partial charge is 0.481 e. The van der Waals surface area contributed by atoms with Gasteiger partial charge in [0, 0.05) is 0 Å². The minimum Gasteiger partial charge on any atom is -0.481 e. The Labute approximate surface area is 81.5 Å². The molecule has 5 heteroatoms. The molecule has 2 N–H and O–H groups in total. The van der Waals surface area contributed by atoms with E-state index in [0.29, 0.717) is 5.69 Å². The summed E-state index contributed by atoms with van der Waals surface area (Å²) in [6.45, 7) is 3.92. The molecule has 0 aliphatic heterocycles. The molecular formula is C9H13N3O2. The lowest BCUT2D eigenvalue weighted by Crippen LogP contribution is -2.33. The van der Waals surface area contributed by atoms with Gasteiger partial charge in [0.15, 0.2) is 0 Å². The number of fused-ring (bicyclic) bond motifs is 1. The summed E-state index contributed by atoms with van der Waals surface area (Å²) in [5, 5.41) is 19.6. The highest BCUT2D eigenvalue weighted by Crippen LogP contribution is 2.43. The molecule has 0 fully saturated rings. The third kappa shape index (κ3) is 1.20. The van der Waals surface area contributed by atoms with E-state index in [4.69, 9.17) is 5.11 Å². The van der Waals surface area contributed by atoms with Crippen molar-refractivity contribution >= 4 is 5.97 Å². The van der Waals surface area contributed by atoms with Crippen molar-refractivity contribution < 1.29 is 9.90 Å². The highest BCUT2D eigenvalue weighted by Gasteiger charge is 2.43. The second kappa shape index (κ2) is 2.80. The third-order valence-electron chi connectivity index (χ3n) is 2.96. The molecule has 76 valence electrons. The van der Waals surface area contributed by atoms with Crippen LogP contribution in [-0.2, 0) is 11.2 Å². The molecule has 1 aliphatic carbocycles. The number of hydrogen-bond donors (Lipinski definition) is 2. The van der Waals surface area contributed by atoms with Crippen LogP contribution in [0.3, 0.4) is 0 Å². The number of H-pyrrole nitrogens is 1. The van der Waals surface area contributed by atoms with Crippen LogP contribution >= 0.6 is 0 Å². The first-order valence-electron chi connectivity index (χ1n) is 4.65. The zero-order chi connectivity index (χ0) is 10.3. The van der Waals surface area contributed by atoms with Gasteiger partial charge in [-0.2, -0.15) is 15.4 Å². The minimum atomic E-state index is -0.815. The van der Waals surface area contributed by atoms with Gasteiger partial charge in [0.05, 0.1) is 5.69 Å². The molecule has 1 aliphatic rings. The van der Waals surface area contributed by atoms with Gasteiger partial charge in [-0.1, -0.05) is 13.8 Å². The number of aromatic nitrogens is 3. The first kappa shape index (κ1) is 9.18. The quantitative estimate of drug-likeness (QED) is 0.699. The van der Waals surface area contributed by atoms with E-state index in [-0.39, 0.29) is 5.41 Å². The zero-order valence-corrected chi connectivity index (χ0v) is 8.24. The molecule has 0 aromatic carbocycles. The first-order chi connectivity index (χ1) is 6.52. The van der Waals surface area contributed by atoms with Crippen molar-refractivity contribution in [2.75, 3.05) is 0 Å². The second-order valence-corrected chi connectivity index (χ2v) is 4.42. The van der Waals surface area contributed by atoms with E-state index in [2.05, 4.69) is 15.4 Å². The van der Waals surface area contributed by atoms with Gasteiger partial charge >= 0.3 is 5.97 Å². The Bertz CT molecular complexity index is 370. The lowest BCUT2D eigenvalue weighted by atomic mass is 9.69. The summed E-state index contributed by atoms with van der Waals surface area (Å²) in [5.74, 6) is -1.35. The molecule has 0 spiro atoms. The van der Waals surface area contributed by atoms with Gasteiger partial charge in [0.2, 0.25) is 0 Å². The molecule has 1 unspecified atom stereocenters. The van der Waals surface area contributed by atoms with Crippen molar-refractivity contribution in [3.8, 4) is 0 Å². The third-order valence-corrected chi connectivity index (χ3v) is 2.96. The van der Waals surface area contributed by atoms with E-state index in [0.717, 1.165) is 18.5 Å². The summed E-state index contributed by atoms with van der Waals surface area (Å²) in [4.78, 5) is 11.1. The molecule has 0 amide bonds. The SMILES string of the molecule is CC1(C)CCc2n[nH]nc2C1C(=O)O. The number of carbonyl (C=O) groups is 1. The Morgan fingerprint density at radius 1 is 1.57 bits per heavy atom. The molecule has 1 aromatic heterocycles. The molecule has 0 saturated carbocycles. The highest BCUT2D eigenvalue weighted by atomic mass is 16.4. The smallest absolute Gasteiger partial charge is 0.313 e. The number of aryl methyl sites for hydroxylation is 1. The molecule has 1 atom stereocenters. The number of aliphatic carboxylic acids is 1. The van der Waals surface area contributed by atoms with Crippen LogP contribution in [0.1, 0.15) is 37.6 Å². The Kier molecular flexibility index (Phi) is 1.83. The van der Waals surface area contributed by atoms with Crippen molar-refractivity contribution in [1.82, 2.24) is 15.4 Å². The van der Waals surface area contributed by atoms with E-state index >= 15 is 0 Å². The van der Waals surface area contributed by atoms with Crippen LogP contribution in [0.4, 0.5) is 0 Å². The fraction of sp³-hybridized carbons (Fsp3) is 0.667. The molecule has 1 heterocycles. The Morgan fingerprint density at radius 2 is 2.29 bits per heavy atom. The van der Waals surface area contributed by atoms with Crippen LogP contribution in [0, 0.1) is 5.41 Å². The molecular weight excluding hydrogens is 182 g/mol. The maximum atomic E-state index is 11.1. The van der Waals surface area contributed by atoms with Crippen LogP contribution in [0.15, 0.2) is 0 Å². The Balaban J connectivity index is 2.49. The highest BCUT2D eigenvalue weighted by molar-refractivity contribution is 5.77. The first-order valence-corrected chi connectivity index (χ1v) is 4.65. The fourth-order valence-electron chi connectivity index (χ4n) is 2.08. The van der Waals surface area contributed by atoms with Crippen LogP contribution in [0.2, 0.25) is 0 Å². The fourth-order valence-corrected chi connectivity index (χ4v) is 2.08. The molecule has 0 radical (unpaired) electrons. The monoisotopic (exact) mass is 195 g/mol. The van der Waals surface area contributed by atoms with Crippen molar-refractivity contribution in [2.24, 2.45) is 5.41 Å². The number of nitrogens with one attached hydrogen (secondary N) is 1. The summed E-state index contributed by atoms with van der Waals surface area (Å²) in [6, 6.07) is 0. The van der Waals surface area contributed by atoms with E-state index in [1.165, 1.54) is 0 Å². The standard InChI is InChI=1S/C9H13N3O2/c1-9(2)4-3-5-7(11-12-10-5)6(9)8(13)14/h6H,3-4H2,1-2H3,(H,13,14)(H,10,11,12). The van der Waals surface area contributed by atoms with Crippen LogP contribution < -0.4 is 0 Å². The van der Waals surface area contributed by atoms with Crippen LogP contribution in [0.5, 0.6) is 0 Å². The van der Waals surface area contributed by atoms with Crippen molar-refractivity contribution in [1.29, 1.82) is 0 Å². The summed E-state index contributed by atoms with van der Waals surface area (Å²) in [6.07, 6.45) is 1.64. The maximum absolute atomic E-state index is 11.1. The summed E-state index contributed by atoms with van der Waals surface area (Å²) in [7, 11) is 0. The molecule has 0 saturated heterocycles. The van der Waals surface area contributed by atoms with Crippen molar-refractivity contribution in [3.05, 3.63) is 11.4 Å². The summed E-state index contributed by atoms with van der Waals surface area (Å²) < 4.78 is 0. The topological polar surface area (TPSA) is 78.9 Å². The average molecular weight is 195 g/mol. The van der Waals surface area contributed by atoms with Gasteiger partial charge in [-0.25, -0.2) is 0 Å². The summed E-state index contributed by atoms with van der Waals surface area (Å²) >= 11 is 0. The van der Waals surface area contributed by atoms with Gasteiger partial charge in [-0.15, -0.1) is 0 Å². The number of carboxylic acid groups (broad SMARTS) is 1. The predicted molar refractivity (Wildman–Crippen MR) is 48.9 cm³/mol. The molecule has 0 bridgehead atoms. The van der Waals surface area contributed by atoms with E-state index in [1.54, 1.807) is 0 Å². The number of rotatable bonds is 1. The van der Waals surface area contributed by atoms with Gasteiger partial charge in [-0.05, 0) is 18.3 Å². The molecule has 14 heavy (non-hydrogen) atoms. The molecule has 2 rings (SSSR count). The predicted octanol–water partition coefficient (Wildman–Crippen LogP) is 0.945. The van der Waals surface area contributed by atoms with Gasteiger partial charge < -0.3 is 5.11 Å². The number of nitrogens with zero attached hydrogens (tertiary/aromatic N) is 2. The number of carboxylic acids is 1. The van der Waals surface area contributed by atoms with E-state index in [1.807, 2.05) is 13.8 Å².